The van der Waals surface area contributed by atoms with Gasteiger partial charge >= 0.3 is 0 Å². The Morgan fingerprint density at radius 2 is 2.05 bits per heavy atom. The van der Waals surface area contributed by atoms with E-state index in [1.165, 1.54) is 4.88 Å². The molecule has 0 fully saturated rings. The molecule has 4 rings (SSSR count). The second kappa shape index (κ2) is 4.56. The molecular formula is C16H13N3OS. The van der Waals surface area contributed by atoms with Gasteiger partial charge in [-0.25, -0.2) is 9.97 Å². The van der Waals surface area contributed by atoms with Gasteiger partial charge in [-0.15, -0.1) is 11.3 Å². The Bertz CT molecular complexity index is 922. The summed E-state index contributed by atoms with van der Waals surface area (Å²) in [5.41, 5.74) is 6.90. The minimum atomic E-state index is 0.506. The zero-order valence-corrected chi connectivity index (χ0v) is 12.3. The molecule has 0 atom stereocenters. The lowest BCUT2D eigenvalue weighted by Crippen LogP contribution is -1.95. The molecule has 0 aliphatic rings. The Morgan fingerprint density at radius 3 is 2.86 bits per heavy atom. The molecule has 0 aliphatic carbocycles. The Hall–Kier alpha value is -2.40. The highest BCUT2D eigenvalue weighted by molar-refractivity contribution is 7.18. The standard InChI is InChI=1S/C16H13N3OS/c1-2-10-8-11-14(17)18-15(19-16(11)21-10)13-7-9-5-3-4-6-12(9)20-13/h3-8H,2H2,1H3,(H2,17,18,19). The number of para-hydroxylation sites is 1. The number of thiophene rings is 1. The summed E-state index contributed by atoms with van der Waals surface area (Å²) in [5, 5.41) is 1.96. The molecule has 0 radical (unpaired) electrons. The molecule has 4 nitrogen and oxygen atoms in total. The van der Waals surface area contributed by atoms with Crippen LogP contribution in [-0.2, 0) is 6.42 Å². The number of anilines is 1. The zero-order valence-electron chi connectivity index (χ0n) is 11.5. The van der Waals surface area contributed by atoms with E-state index < -0.39 is 0 Å². The zero-order chi connectivity index (χ0) is 14.4. The van der Waals surface area contributed by atoms with Crippen molar-refractivity contribution in [1.82, 2.24) is 9.97 Å². The molecule has 0 bridgehead atoms. The average Bonchev–Trinajstić information content (AvgIpc) is 3.10. The molecule has 4 aromatic rings. The fourth-order valence-corrected chi connectivity index (χ4v) is 3.34. The van der Waals surface area contributed by atoms with Crippen molar-refractivity contribution >= 4 is 38.3 Å². The van der Waals surface area contributed by atoms with Gasteiger partial charge in [-0.05, 0) is 24.6 Å². The lowest BCUT2D eigenvalue weighted by molar-refractivity contribution is 0.626. The van der Waals surface area contributed by atoms with Crippen LogP contribution in [0, 0.1) is 0 Å². The number of hydrogen-bond donors (Lipinski definition) is 1. The van der Waals surface area contributed by atoms with E-state index in [1.54, 1.807) is 11.3 Å². The van der Waals surface area contributed by atoms with Gasteiger partial charge in [-0.2, -0.15) is 0 Å². The molecular weight excluding hydrogens is 282 g/mol. The Morgan fingerprint density at radius 1 is 1.19 bits per heavy atom. The number of aryl methyl sites for hydroxylation is 1. The van der Waals surface area contributed by atoms with Crippen molar-refractivity contribution in [3.63, 3.8) is 0 Å². The highest BCUT2D eigenvalue weighted by atomic mass is 32.1. The van der Waals surface area contributed by atoms with E-state index in [0.29, 0.717) is 17.4 Å². The number of aromatic nitrogens is 2. The number of nitrogens with zero attached hydrogens (tertiary/aromatic N) is 2. The first-order chi connectivity index (χ1) is 10.2. The maximum absolute atomic E-state index is 6.07. The van der Waals surface area contributed by atoms with Crippen LogP contribution in [0.25, 0.3) is 32.8 Å². The van der Waals surface area contributed by atoms with Crippen molar-refractivity contribution in [1.29, 1.82) is 0 Å². The van der Waals surface area contributed by atoms with Gasteiger partial charge in [0.25, 0.3) is 0 Å². The van der Waals surface area contributed by atoms with Gasteiger partial charge in [0.2, 0.25) is 0 Å². The van der Waals surface area contributed by atoms with Gasteiger partial charge in [0.15, 0.2) is 11.6 Å². The molecule has 104 valence electrons. The van der Waals surface area contributed by atoms with Crippen molar-refractivity contribution in [2.75, 3.05) is 5.73 Å². The SMILES string of the molecule is CCc1cc2c(N)nc(-c3cc4ccccc4o3)nc2s1. The van der Waals surface area contributed by atoms with Gasteiger partial charge in [0.1, 0.15) is 16.2 Å². The van der Waals surface area contributed by atoms with E-state index in [0.717, 1.165) is 27.6 Å². The molecule has 0 unspecified atom stereocenters. The van der Waals surface area contributed by atoms with Gasteiger partial charge in [0.05, 0.1) is 5.39 Å². The van der Waals surface area contributed by atoms with Gasteiger partial charge in [-0.3, -0.25) is 0 Å². The van der Waals surface area contributed by atoms with Crippen LogP contribution in [0.15, 0.2) is 40.8 Å². The number of nitrogens with two attached hydrogens (primary N) is 1. The summed E-state index contributed by atoms with van der Waals surface area (Å²) < 4.78 is 5.82. The number of fused-ring (bicyclic) bond motifs is 2. The summed E-state index contributed by atoms with van der Waals surface area (Å²) in [7, 11) is 0. The molecule has 21 heavy (non-hydrogen) atoms. The molecule has 0 spiro atoms. The Kier molecular flexibility index (Phi) is 2.68. The monoisotopic (exact) mass is 295 g/mol. The van der Waals surface area contributed by atoms with Crippen molar-refractivity contribution in [3.8, 4) is 11.6 Å². The minimum Gasteiger partial charge on any atom is -0.453 e. The van der Waals surface area contributed by atoms with Crippen LogP contribution in [0.5, 0.6) is 0 Å². The van der Waals surface area contributed by atoms with Crippen LogP contribution in [0.3, 0.4) is 0 Å². The third-order valence-electron chi connectivity index (χ3n) is 3.47. The summed E-state index contributed by atoms with van der Waals surface area (Å²) in [4.78, 5) is 11.2. The topological polar surface area (TPSA) is 64.9 Å². The third-order valence-corrected chi connectivity index (χ3v) is 4.64. The smallest absolute Gasteiger partial charge is 0.199 e. The molecule has 3 aromatic heterocycles. The molecule has 2 N–H and O–H groups in total. The molecule has 1 aromatic carbocycles. The first kappa shape index (κ1) is 12.3. The Balaban J connectivity index is 1.92. The predicted octanol–water partition coefficient (Wildman–Crippen LogP) is 4.25. The van der Waals surface area contributed by atoms with Gasteiger partial charge in [-0.1, -0.05) is 25.1 Å². The second-order valence-electron chi connectivity index (χ2n) is 4.87. The molecule has 0 aliphatic heterocycles. The first-order valence-corrected chi connectivity index (χ1v) is 7.61. The van der Waals surface area contributed by atoms with Crippen LogP contribution < -0.4 is 5.73 Å². The maximum atomic E-state index is 6.07. The number of furan rings is 1. The summed E-state index contributed by atoms with van der Waals surface area (Å²) in [6.45, 7) is 2.12. The van der Waals surface area contributed by atoms with E-state index in [1.807, 2.05) is 30.3 Å². The van der Waals surface area contributed by atoms with Gasteiger partial charge < -0.3 is 10.2 Å². The van der Waals surface area contributed by atoms with Crippen LogP contribution in [0.2, 0.25) is 0 Å². The van der Waals surface area contributed by atoms with Gasteiger partial charge in [0, 0.05) is 10.3 Å². The summed E-state index contributed by atoms with van der Waals surface area (Å²) >= 11 is 1.65. The molecule has 0 saturated carbocycles. The van der Waals surface area contributed by atoms with E-state index in [-0.39, 0.29) is 0 Å². The number of nitrogen functional groups attached to an aromatic ring is 1. The maximum Gasteiger partial charge on any atom is 0.199 e. The van der Waals surface area contributed by atoms with E-state index in [2.05, 4.69) is 23.0 Å². The van der Waals surface area contributed by atoms with Crippen molar-refractivity contribution in [2.24, 2.45) is 0 Å². The fraction of sp³-hybridized carbons (Fsp3) is 0.125. The average molecular weight is 295 g/mol. The molecule has 0 amide bonds. The van der Waals surface area contributed by atoms with E-state index in [9.17, 15) is 0 Å². The van der Waals surface area contributed by atoms with Crippen molar-refractivity contribution in [2.45, 2.75) is 13.3 Å². The van der Waals surface area contributed by atoms with Crippen molar-refractivity contribution < 1.29 is 4.42 Å². The Labute approximate surface area is 125 Å². The summed E-state index contributed by atoms with van der Waals surface area (Å²) in [6, 6.07) is 11.9. The molecule has 0 saturated heterocycles. The lowest BCUT2D eigenvalue weighted by atomic mass is 10.2. The fourth-order valence-electron chi connectivity index (χ4n) is 2.37. The highest BCUT2D eigenvalue weighted by Crippen LogP contribution is 2.32. The molecule has 3 heterocycles. The highest BCUT2D eigenvalue weighted by Gasteiger charge is 2.13. The second-order valence-corrected chi connectivity index (χ2v) is 5.98. The van der Waals surface area contributed by atoms with Crippen LogP contribution in [0.4, 0.5) is 5.82 Å². The van der Waals surface area contributed by atoms with Crippen LogP contribution in [0.1, 0.15) is 11.8 Å². The van der Waals surface area contributed by atoms with Crippen LogP contribution >= 0.6 is 11.3 Å². The largest absolute Gasteiger partial charge is 0.453 e. The van der Waals surface area contributed by atoms with Crippen molar-refractivity contribution in [3.05, 3.63) is 41.3 Å². The predicted molar refractivity (Wildman–Crippen MR) is 86.4 cm³/mol. The summed E-state index contributed by atoms with van der Waals surface area (Å²) in [5.74, 6) is 1.70. The number of benzene rings is 1. The normalized spacial score (nSPS) is 11.5. The number of rotatable bonds is 2. The van der Waals surface area contributed by atoms with E-state index in [4.69, 9.17) is 10.2 Å². The third kappa shape index (κ3) is 1.97. The quantitative estimate of drug-likeness (QED) is 0.600. The minimum absolute atomic E-state index is 0.506. The molecule has 5 heteroatoms. The summed E-state index contributed by atoms with van der Waals surface area (Å²) in [6.07, 6.45) is 0.973. The van der Waals surface area contributed by atoms with Crippen LogP contribution in [-0.4, -0.2) is 9.97 Å². The lowest BCUT2D eigenvalue weighted by Gasteiger charge is -1.98. The number of hydrogen-bond acceptors (Lipinski definition) is 5. The first-order valence-electron chi connectivity index (χ1n) is 6.79. The van der Waals surface area contributed by atoms with E-state index >= 15 is 0 Å².